The first-order valence-electron chi connectivity index (χ1n) is 10.6. The fourth-order valence-corrected chi connectivity index (χ4v) is 5.88. The Labute approximate surface area is 165 Å². The molecular formula is C22H29N3O3. The van der Waals surface area contributed by atoms with Crippen LogP contribution in [0.15, 0.2) is 16.7 Å². The van der Waals surface area contributed by atoms with Gasteiger partial charge in [-0.25, -0.2) is 0 Å². The Morgan fingerprint density at radius 3 is 2.64 bits per heavy atom. The second-order valence-electron chi connectivity index (χ2n) is 9.44. The van der Waals surface area contributed by atoms with Crippen LogP contribution in [-0.4, -0.2) is 46.4 Å². The van der Waals surface area contributed by atoms with E-state index in [0.29, 0.717) is 30.7 Å². The van der Waals surface area contributed by atoms with Gasteiger partial charge in [0.2, 0.25) is 11.8 Å². The monoisotopic (exact) mass is 383 g/mol. The first-order chi connectivity index (χ1) is 13.4. The van der Waals surface area contributed by atoms with Crippen LogP contribution < -0.4 is 0 Å². The van der Waals surface area contributed by atoms with E-state index in [1.54, 1.807) is 0 Å². The first-order valence-corrected chi connectivity index (χ1v) is 10.6. The van der Waals surface area contributed by atoms with Crippen LogP contribution in [0.25, 0.3) is 0 Å². The molecule has 150 valence electrons. The second-order valence-corrected chi connectivity index (χ2v) is 9.44. The molecule has 6 nitrogen and oxygen atoms in total. The SMILES string of the molecule is Cc1noc(C)c1CN1CC2(CCN(C(=O)C3CC4C=CC3C4)CC2)CC1=O. The molecule has 1 spiro atoms. The van der Waals surface area contributed by atoms with Crippen LogP contribution in [0.1, 0.15) is 49.1 Å². The number of aromatic nitrogens is 1. The van der Waals surface area contributed by atoms with Crippen molar-refractivity contribution < 1.29 is 14.1 Å². The van der Waals surface area contributed by atoms with Crippen molar-refractivity contribution in [2.75, 3.05) is 19.6 Å². The van der Waals surface area contributed by atoms with Gasteiger partial charge in [-0.2, -0.15) is 0 Å². The van der Waals surface area contributed by atoms with Crippen LogP contribution >= 0.6 is 0 Å². The third-order valence-electron chi connectivity index (χ3n) is 7.67. The smallest absolute Gasteiger partial charge is 0.226 e. The van der Waals surface area contributed by atoms with Gasteiger partial charge in [-0.3, -0.25) is 9.59 Å². The average Bonchev–Trinajstić information content (AvgIpc) is 3.44. The molecule has 4 aliphatic rings. The second kappa shape index (κ2) is 6.46. The van der Waals surface area contributed by atoms with Crippen molar-refractivity contribution in [1.82, 2.24) is 15.0 Å². The van der Waals surface area contributed by atoms with Gasteiger partial charge < -0.3 is 14.3 Å². The minimum Gasteiger partial charge on any atom is -0.361 e. The molecule has 3 fully saturated rings. The number of amides is 2. The van der Waals surface area contributed by atoms with E-state index in [2.05, 4.69) is 22.2 Å². The molecule has 2 aliphatic heterocycles. The van der Waals surface area contributed by atoms with E-state index in [0.717, 1.165) is 55.9 Å². The molecule has 1 aromatic heterocycles. The lowest BCUT2D eigenvalue weighted by molar-refractivity contribution is -0.138. The van der Waals surface area contributed by atoms with Crippen LogP contribution in [0.3, 0.4) is 0 Å². The molecule has 0 N–H and O–H groups in total. The van der Waals surface area contributed by atoms with E-state index in [9.17, 15) is 9.59 Å². The molecule has 2 aliphatic carbocycles. The van der Waals surface area contributed by atoms with Gasteiger partial charge in [-0.1, -0.05) is 17.3 Å². The average molecular weight is 383 g/mol. The quantitative estimate of drug-likeness (QED) is 0.753. The van der Waals surface area contributed by atoms with Crippen molar-refractivity contribution in [2.24, 2.45) is 23.2 Å². The summed E-state index contributed by atoms with van der Waals surface area (Å²) >= 11 is 0. The molecule has 0 radical (unpaired) electrons. The number of carbonyl (C=O) groups is 2. The van der Waals surface area contributed by atoms with E-state index >= 15 is 0 Å². The summed E-state index contributed by atoms with van der Waals surface area (Å²) in [6.07, 6.45) is 9.21. The third kappa shape index (κ3) is 2.88. The number of aryl methyl sites for hydroxylation is 2. The molecule has 6 heteroatoms. The Kier molecular flexibility index (Phi) is 4.14. The zero-order valence-corrected chi connectivity index (χ0v) is 16.8. The van der Waals surface area contributed by atoms with Gasteiger partial charge in [-0.05, 0) is 51.4 Å². The van der Waals surface area contributed by atoms with Crippen LogP contribution in [0.2, 0.25) is 0 Å². The summed E-state index contributed by atoms with van der Waals surface area (Å²) in [5.74, 6) is 2.66. The molecule has 3 heterocycles. The molecule has 3 unspecified atom stereocenters. The summed E-state index contributed by atoms with van der Waals surface area (Å²) in [4.78, 5) is 29.7. The van der Waals surface area contributed by atoms with Crippen LogP contribution in [-0.2, 0) is 16.1 Å². The van der Waals surface area contributed by atoms with Gasteiger partial charge >= 0.3 is 0 Å². The van der Waals surface area contributed by atoms with Gasteiger partial charge in [0.1, 0.15) is 5.76 Å². The topological polar surface area (TPSA) is 66.7 Å². The Bertz CT molecular complexity index is 815. The van der Waals surface area contributed by atoms with Crippen molar-refractivity contribution in [2.45, 2.75) is 52.5 Å². The highest BCUT2D eigenvalue weighted by atomic mass is 16.5. The maximum absolute atomic E-state index is 13.0. The molecule has 2 saturated heterocycles. The number of likely N-dealkylation sites (tertiary alicyclic amines) is 2. The lowest BCUT2D eigenvalue weighted by atomic mass is 9.77. The largest absolute Gasteiger partial charge is 0.361 e. The lowest BCUT2D eigenvalue weighted by Crippen LogP contribution is -2.46. The summed E-state index contributed by atoms with van der Waals surface area (Å²) in [5.41, 5.74) is 1.93. The highest BCUT2D eigenvalue weighted by Crippen LogP contribution is 2.46. The van der Waals surface area contributed by atoms with Crippen molar-refractivity contribution in [1.29, 1.82) is 0 Å². The number of nitrogens with zero attached hydrogens (tertiary/aromatic N) is 3. The van der Waals surface area contributed by atoms with E-state index in [1.165, 1.54) is 6.42 Å². The normalized spacial score (nSPS) is 30.8. The predicted octanol–water partition coefficient (Wildman–Crippen LogP) is 2.84. The number of rotatable bonds is 3. The van der Waals surface area contributed by atoms with Gasteiger partial charge in [0.05, 0.1) is 12.2 Å². The summed E-state index contributed by atoms with van der Waals surface area (Å²) in [7, 11) is 0. The maximum atomic E-state index is 13.0. The Balaban J connectivity index is 1.21. The molecule has 28 heavy (non-hydrogen) atoms. The maximum Gasteiger partial charge on any atom is 0.226 e. The van der Waals surface area contributed by atoms with Crippen molar-refractivity contribution >= 4 is 11.8 Å². The molecule has 1 aromatic rings. The Morgan fingerprint density at radius 2 is 2.04 bits per heavy atom. The summed E-state index contributed by atoms with van der Waals surface area (Å²) in [5, 5.41) is 4.01. The Hall–Kier alpha value is -2.11. The molecule has 2 bridgehead atoms. The van der Waals surface area contributed by atoms with Gasteiger partial charge in [0, 0.05) is 43.0 Å². The fourth-order valence-electron chi connectivity index (χ4n) is 5.88. The number of hydrogen-bond acceptors (Lipinski definition) is 4. The van der Waals surface area contributed by atoms with E-state index < -0.39 is 0 Å². The molecule has 0 aromatic carbocycles. The summed E-state index contributed by atoms with van der Waals surface area (Å²) in [6, 6.07) is 0. The van der Waals surface area contributed by atoms with Gasteiger partial charge in [0.25, 0.3) is 0 Å². The molecular weight excluding hydrogens is 354 g/mol. The van der Waals surface area contributed by atoms with E-state index in [4.69, 9.17) is 4.52 Å². The minimum atomic E-state index is 0.0292. The number of hydrogen-bond donors (Lipinski definition) is 0. The predicted molar refractivity (Wildman–Crippen MR) is 103 cm³/mol. The van der Waals surface area contributed by atoms with E-state index in [1.807, 2.05) is 18.7 Å². The molecule has 5 rings (SSSR count). The van der Waals surface area contributed by atoms with Gasteiger partial charge in [0.15, 0.2) is 0 Å². The van der Waals surface area contributed by atoms with Crippen LogP contribution in [0.4, 0.5) is 0 Å². The third-order valence-corrected chi connectivity index (χ3v) is 7.67. The van der Waals surface area contributed by atoms with Crippen molar-refractivity contribution in [3.63, 3.8) is 0 Å². The van der Waals surface area contributed by atoms with Crippen molar-refractivity contribution in [3.05, 3.63) is 29.2 Å². The number of fused-ring (bicyclic) bond motifs is 2. The molecule has 1 saturated carbocycles. The highest BCUT2D eigenvalue weighted by molar-refractivity contribution is 5.81. The summed E-state index contributed by atoms with van der Waals surface area (Å²) < 4.78 is 5.25. The molecule has 2 amide bonds. The zero-order valence-electron chi connectivity index (χ0n) is 16.8. The van der Waals surface area contributed by atoms with Gasteiger partial charge in [-0.15, -0.1) is 0 Å². The summed E-state index contributed by atoms with van der Waals surface area (Å²) in [6.45, 7) is 6.79. The van der Waals surface area contributed by atoms with Crippen LogP contribution in [0, 0.1) is 37.0 Å². The zero-order chi connectivity index (χ0) is 19.5. The Morgan fingerprint density at radius 1 is 1.25 bits per heavy atom. The first kappa shape index (κ1) is 18.0. The minimum absolute atomic E-state index is 0.0292. The lowest BCUT2D eigenvalue weighted by Gasteiger charge is -2.40. The fraction of sp³-hybridized carbons (Fsp3) is 0.682. The van der Waals surface area contributed by atoms with Crippen LogP contribution in [0.5, 0.6) is 0 Å². The standard InChI is InChI=1S/C22H29N3O3/c1-14-19(15(2)28-23-14)12-25-13-22(11-20(25)26)5-7-24(8-6-22)21(27)18-10-16-3-4-17(18)9-16/h3-4,16-18H,5-13H2,1-2H3. The number of carbonyl (C=O) groups excluding carboxylic acids is 2. The number of allylic oxidation sites excluding steroid dienone is 2. The number of piperidine rings is 1. The van der Waals surface area contributed by atoms with E-state index in [-0.39, 0.29) is 17.2 Å². The highest BCUT2D eigenvalue weighted by Gasteiger charge is 2.47. The molecule has 3 atom stereocenters. The van der Waals surface area contributed by atoms with Crippen molar-refractivity contribution in [3.8, 4) is 0 Å².